The zero-order chi connectivity index (χ0) is 17.5. The van der Waals surface area contributed by atoms with E-state index in [1.807, 2.05) is 4.90 Å². The molecule has 2 atom stereocenters. The molecule has 0 amide bonds. The van der Waals surface area contributed by atoms with Crippen molar-refractivity contribution < 1.29 is 14.3 Å². The van der Waals surface area contributed by atoms with E-state index >= 15 is 0 Å². The number of halogens is 2. The van der Waals surface area contributed by atoms with Crippen LogP contribution in [0.3, 0.4) is 0 Å². The van der Waals surface area contributed by atoms with E-state index in [1.54, 1.807) is 4.57 Å². The van der Waals surface area contributed by atoms with Crippen molar-refractivity contribution in [2.75, 3.05) is 18.0 Å². The number of carboxylic acids is 1. The number of carbonyl (C=O) groups is 1. The Kier molecular flexibility index (Phi) is 3.58. The fourth-order valence-corrected chi connectivity index (χ4v) is 3.93. The SMILES string of the molecule is Cl.NC12CC1CN(c1nc3c(cc1F)c(=O)c(C(=O)O)cn3C1CC1)C2. The number of aromatic carboxylic acids is 1. The Hall–Kier alpha value is -2.19. The molecule has 2 saturated carbocycles. The van der Waals surface area contributed by atoms with Crippen LogP contribution in [0.4, 0.5) is 10.2 Å². The average molecular weight is 381 g/mol. The van der Waals surface area contributed by atoms with E-state index in [-0.39, 0.29) is 40.8 Å². The second kappa shape index (κ2) is 5.40. The first-order valence-corrected chi connectivity index (χ1v) is 8.40. The van der Waals surface area contributed by atoms with Crippen LogP contribution in [0, 0.1) is 11.7 Å². The summed E-state index contributed by atoms with van der Waals surface area (Å²) in [5.41, 5.74) is 5.25. The maximum Gasteiger partial charge on any atom is 0.341 e. The normalized spacial score (nSPS) is 26.5. The van der Waals surface area contributed by atoms with Gasteiger partial charge in [-0.3, -0.25) is 4.79 Å². The van der Waals surface area contributed by atoms with E-state index in [9.17, 15) is 19.1 Å². The van der Waals surface area contributed by atoms with Crippen molar-refractivity contribution in [1.82, 2.24) is 9.55 Å². The summed E-state index contributed by atoms with van der Waals surface area (Å²) in [6.07, 6.45) is 4.07. The van der Waals surface area contributed by atoms with Crippen LogP contribution in [0.1, 0.15) is 35.7 Å². The topological polar surface area (TPSA) is 101 Å². The molecule has 2 aromatic rings. The minimum Gasteiger partial charge on any atom is -0.477 e. The Morgan fingerprint density at radius 2 is 2.15 bits per heavy atom. The van der Waals surface area contributed by atoms with E-state index in [0.29, 0.717) is 24.7 Å². The van der Waals surface area contributed by atoms with Crippen LogP contribution in [0.25, 0.3) is 11.0 Å². The van der Waals surface area contributed by atoms with Gasteiger partial charge in [-0.2, -0.15) is 0 Å². The van der Waals surface area contributed by atoms with Crippen LogP contribution in [0.2, 0.25) is 0 Å². The molecule has 3 fully saturated rings. The number of nitrogens with two attached hydrogens (primary N) is 1. The van der Waals surface area contributed by atoms with Crippen molar-refractivity contribution >= 4 is 35.2 Å². The molecule has 1 aliphatic heterocycles. The second-order valence-electron chi connectivity index (χ2n) is 7.50. The largest absolute Gasteiger partial charge is 0.477 e. The number of hydrogen-bond donors (Lipinski definition) is 2. The summed E-state index contributed by atoms with van der Waals surface area (Å²) in [5, 5.41) is 9.27. The molecule has 0 radical (unpaired) electrons. The van der Waals surface area contributed by atoms with Gasteiger partial charge in [0.2, 0.25) is 5.43 Å². The zero-order valence-electron chi connectivity index (χ0n) is 13.8. The lowest BCUT2D eigenvalue weighted by atomic mass is 10.2. The molecule has 2 unspecified atom stereocenters. The number of nitrogens with zero attached hydrogens (tertiary/aromatic N) is 3. The third-order valence-electron chi connectivity index (χ3n) is 5.61. The lowest BCUT2D eigenvalue weighted by Crippen LogP contribution is -2.34. The molecular formula is C17H18ClFN4O3. The van der Waals surface area contributed by atoms with Crippen molar-refractivity contribution in [2.45, 2.75) is 30.8 Å². The first-order valence-electron chi connectivity index (χ1n) is 8.40. The van der Waals surface area contributed by atoms with Gasteiger partial charge in [-0.15, -0.1) is 12.4 Å². The van der Waals surface area contributed by atoms with Crippen LogP contribution in [-0.4, -0.2) is 39.3 Å². The standard InChI is InChI=1S/C17H17FN4O3.ClH/c18-12-3-10-13(23)11(16(24)25)6-22(9-1-2-9)14(10)20-15(12)21-5-8-4-17(8,19)7-21;/h3,6,8-9H,1-2,4-5,7,19H2,(H,24,25);1H. The van der Waals surface area contributed by atoms with Crippen LogP contribution >= 0.6 is 12.4 Å². The van der Waals surface area contributed by atoms with Gasteiger partial charge >= 0.3 is 5.97 Å². The van der Waals surface area contributed by atoms with Crippen molar-refractivity contribution in [1.29, 1.82) is 0 Å². The summed E-state index contributed by atoms with van der Waals surface area (Å²) in [5.74, 6) is -1.36. The molecule has 2 aromatic heterocycles. The number of aromatic nitrogens is 2. The van der Waals surface area contributed by atoms with E-state index in [2.05, 4.69) is 4.98 Å². The van der Waals surface area contributed by atoms with Crippen molar-refractivity contribution in [3.63, 3.8) is 0 Å². The highest BCUT2D eigenvalue weighted by molar-refractivity contribution is 5.92. The Morgan fingerprint density at radius 1 is 1.42 bits per heavy atom. The molecule has 0 spiro atoms. The van der Waals surface area contributed by atoms with Crippen LogP contribution in [0.15, 0.2) is 17.1 Å². The highest BCUT2D eigenvalue weighted by Gasteiger charge is 2.57. The van der Waals surface area contributed by atoms with Gasteiger partial charge < -0.3 is 20.3 Å². The van der Waals surface area contributed by atoms with Crippen LogP contribution in [-0.2, 0) is 0 Å². The summed E-state index contributed by atoms with van der Waals surface area (Å²) in [4.78, 5) is 30.0. The van der Waals surface area contributed by atoms with Gasteiger partial charge in [0.15, 0.2) is 11.6 Å². The van der Waals surface area contributed by atoms with Gasteiger partial charge in [0.1, 0.15) is 11.2 Å². The number of pyridine rings is 2. The Balaban J connectivity index is 0.00000168. The van der Waals surface area contributed by atoms with E-state index in [1.165, 1.54) is 6.20 Å². The molecule has 7 nitrogen and oxygen atoms in total. The fourth-order valence-electron chi connectivity index (χ4n) is 3.93. The van der Waals surface area contributed by atoms with Gasteiger partial charge in [0.05, 0.1) is 5.39 Å². The van der Waals surface area contributed by atoms with Crippen LogP contribution < -0.4 is 16.1 Å². The van der Waals surface area contributed by atoms with Crippen LogP contribution in [0.5, 0.6) is 0 Å². The summed E-state index contributed by atoms with van der Waals surface area (Å²) in [7, 11) is 0. The molecule has 26 heavy (non-hydrogen) atoms. The monoisotopic (exact) mass is 380 g/mol. The molecule has 2 aliphatic carbocycles. The van der Waals surface area contributed by atoms with Gasteiger partial charge in [0, 0.05) is 30.9 Å². The van der Waals surface area contributed by atoms with E-state index in [0.717, 1.165) is 25.3 Å². The van der Waals surface area contributed by atoms with Gasteiger partial charge in [0.25, 0.3) is 0 Å². The van der Waals surface area contributed by atoms with Gasteiger partial charge in [-0.25, -0.2) is 14.2 Å². The first kappa shape index (κ1) is 17.2. The molecule has 0 bridgehead atoms. The van der Waals surface area contributed by atoms with Crippen molar-refractivity contribution in [3.05, 3.63) is 33.9 Å². The second-order valence-corrected chi connectivity index (χ2v) is 7.50. The van der Waals surface area contributed by atoms with Crippen molar-refractivity contribution in [3.8, 4) is 0 Å². The Bertz CT molecular complexity index is 1010. The molecule has 1 saturated heterocycles. The molecule has 9 heteroatoms. The summed E-state index contributed by atoms with van der Waals surface area (Å²) < 4.78 is 16.4. The maximum atomic E-state index is 14.7. The number of fused-ring (bicyclic) bond motifs is 2. The van der Waals surface area contributed by atoms with Crippen molar-refractivity contribution in [2.24, 2.45) is 11.7 Å². The molecule has 3 heterocycles. The van der Waals surface area contributed by atoms with E-state index < -0.39 is 17.2 Å². The molecule has 138 valence electrons. The highest BCUT2D eigenvalue weighted by Crippen LogP contribution is 2.48. The maximum absolute atomic E-state index is 14.7. The number of rotatable bonds is 3. The molecule has 3 N–H and O–H groups in total. The highest BCUT2D eigenvalue weighted by atomic mass is 35.5. The predicted octanol–water partition coefficient (Wildman–Crippen LogP) is 1.53. The Morgan fingerprint density at radius 3 is 2.73 bits per heavy atom. The third kappa shape index (κ3) is 2.39. The average Bonchev–Trinajstić information content (AvgIpc) is 3.46. The minimum absolute atomic E-state index is 0. The lowest BCUT2D eigenvalue weighted by molar-refractivity contribution is 0.0695. The molecular weight excluding hydrogens is 363 g/mol. The predicted molar refractivity (Wildman–Crippen MR) is 95.7 cm³/mol. The summed E-state index contributed by atoms with van der Waals surface area (Å²) in [6.45, 7) is 1.21. The number of carboxylic acid groups (broad SMARTS) is 1. The minimum atomic E-state index is -1.31. The quantitative estimate of drug-likeness (QED) is 0.837. The van der Waals surface area contributed by atoms with Gasteiger partial charge in [-0.05, 0) is 31.2 Å². The van der Waals surface area contributed by atoms with Gasteiger partial charge in [-0.1, -0.05) is 0 Å². The molecule has 0 aromatic carbocycles. The number of anilines is 1. The molecule has 5 rings (SSSR count). The first-order chi connectivity index (χ1) is 11.9. The lowest BCUT2D eigenvalue weighted by Gasteiger charge is -2.22. The smallest absolute Gasteiger partial charge is 0.341 e. The Labute approximate surface area is 154 Å². The third-order valence-corrected chi connectivity index (χ3v) is 5.61. The fraction of sp³-hybridized carbons (Fsp3) is 0.471. The number of piperidine rings is 1. The number of hydrogen-bond acceptors (Lipinski definition) is 5. The summed E-state index contributed by atoms with van der Waals surface area (Å²) in [6, 6.07) is 1.23. The zero-order valence-corrected chi connectivity index (χ0v) is 14.6. The summed E-state index contributed by atoms with van der Waals surface area (Å²) >= 11 is 0. The van der Waals surface area contributed by atoms with E-state index in [4.69, 9.17) is 5.73 Å². The molecule has 3 aliphatic rings.